The third-order valence-corrected chi connectivity index (χ3v) is 3.22. The van der Waals surface area contributed by atoms with E-state index in [9.17, 15) is 9.18 Å². The summed E-state index contributed by atoms with van der Waals surface area (Å²) < 4.78 is 13.0. The second-order valence-corrected chi connectivity index (χ2v) is 5.16. The molecule has 0 radical (unpaired) electrons. The Kier molecular flexibility index (Phi) is 4.33. The molecule has 0 saturated carbocycles. The van der Waals surface area contributed by atoms with Crippen molar-refractivity contribution in [3.8, 4) is 0 Å². The molecule has 4 nitrogen and oxygen atoms in total. The number of anilines is 3. The van der Waals surface area contributed by atoms with Gasteiger partial charge >= 0.3 is 0 Å². The molecule has 6 heteroatoms. The van der Waals surface area contributed by atoms with Crippen LogP contribution in [0.3, 0.4) is 0 Å². The largest absolute Gasteiger partial charge is 0.397 e. The Hall–Kier alpha value is -2.27. The van der Waals surface area contributed by atoms with Gasteiger partial charge < -0.3 is 16.0 Å². The Morgan fingerprint density at radius 2 is 1.90 bits per heavy atom. The summed E-state index contributed by atoms with van der Waals surface area (Å²) in [5.74, 6) is -0.557. The number of amides is 1. The van der Waals surface area contributed by atoms with E-state index in [1.54, 1.807) is 32.3 Å². The highest BCUT2D eigenvalue weighted by atomic mass is 35.5. The second-order valence-electron chi connectivity index (χ2n) is 4.75. The summed E-state index contributed by atoms with van der Waals surface area (Å²) in [5, 5.41) is 3.24. The van der Waals surface area contributed by atoms with Crippen LogP contribution in [0.5, 0.6) is 0 Å². The molecule has 0 aliphatic rings. The highest BCUT2D eigenvalue weighted by Crippen LogP contribution is 2.29. The molecule has 3 N–H and O–H groups in total. The Bertz CT molecular complexity index is 689. The summed E-state index contributed by atoms with van der Waals surface area (Å²) in [5.41, 5.74) is 7.90. The molecule has 21 heavy (non-hydrogen) atoms. The van der Waals surface area contributed by atoms with Crippen LogP contribution in [0, 0.1) is 5.82 Å². The average Bonchev–Trinajstić information content (AvgIpc) is 2.43. The standard InChI is InChI=1S/C15H15ClFN3O/c1-20(2)15(21)9-3-5-12(18)14(7-9)19-13-6-4-10(17)8-11(13)16/h3-8,19H,18H2,1-2H3. The van der Waals surface area contributed by atoms with Gasteiger partial charge in [0.1, 0.15) is 5.82 Å². The highest BCUT2D eigenvalue weighted by Gasteiger charge is 2.11. The molecular weight excluding hydrogens is 293 g/mol. The number of rotatable bonds is 3. The lowest BCUT2D eigenvalue weighted by Crippen LogP contribution is -2.21. The van der Waals surface area contributed by atoms with Crippen LogP contribution in [-0.4, -0.2) is 24.9 Å². The van der Waals surface area contributed by atoms with Crippen LogP contribution in [-0.2, 0) is 0 Å². The number of hydrogen-bond acceptors (Lipinski definition) is 3. The molecule has 0 fully saturated rings. The maximum absolute atomic E-state index is 13.0. The Balaban J connectivity index is 2.35. The number of nitrogens with zero attached hydrogens (tertiary/aromatic N) is 1. The number of nitrogen functional groups attached to an aromatic ring is 1. The summed E-state index contributed by atoms with van der Waals surface area (Å²) in [6, 6.07) is 8.93. The van der Waals surface area contributed by atoms with E-state index < -0.39 is 5.82 Å². The van der Waals surface area contributed by atoms with Gasteiger partial charge in [0.15, 0.2) is 0 Å². The quantitative estimate of drug-likeness (QED) is 0.853. The monoisotopic (exact) mass is 307 g/mol. The molecule has 0 spiro atoms. The van der Waals surface area contributed by atoms with Crippen LogP contribution in [0.25, 0.3) is 0 Å². The summed E-state index contributed by atoms with van der Waals surface area (Å²) in [7, 11) is 3.34. The minimum atomic E-state index is -0.421. The Labute approximate surface area is 127 Å². The number of benzene rings is 2. The van der Waals surface area contributed by atoms with E-state index in [2.05, 4.69) is 5.32 Å². The first-order valence-corrected chi connectivity index (χ1v) is 6.59. The van der Waals surface area contributed by atoms with Crippen molar-refractivity contribution < 1.29 is 9.18 Å². The molecule has 0 atom stereocenters. The zero-order valence-electron chi connectivity index (χ0n) is 11.7. The number of halogens is 2. The zero-order chi connectivity index (χ0) is 15.6. The molecule has 0 heterocycles. The van der Waals surface area contributed by atoms with E-state index in [-0.39, 0.29) is 10.9 Å². The molecule has 0 aliphatic carbocycles. The van der Waals surface area contributed by atoms with Crippen LogP contribution in [0.15, 0.2) is 36.4 Å². The Morgan fingerprint density at radius 3 is 2.52 bits per heavy atom. The van der Waals surface area contributed by atoms with E-state index in [1.165, 1.54) is 23.1 Å². The third kappa shape index (κ3) is 3.44. The van der Waals surface area contributed by atoms with Gasteiger partial charge in [-0.3, -0.25) is 4.79 Å². The van der Waals surface area contributed by atoms with Crippen LogP contribution in [0.1, 0.15) is 10.4 Å². The zero-order valence-corrected chi connectivity index (χ0v) is 12.4. The molecule has 0 aliphatic heterocycles. The van der Waals surface area contributed by atoms with Crippen molar-refractivity contribution >= 4 is 34.6 Å². The lowest BCUT2D eigenvalue weighted by atomic mass is 10.1. The predicted octanol–water partition coefficient (Wildman–Crippen LogP) is 3.51. The van der Waals surface area contributed by atoms with E-state index >= 15 is 0 Å². The van der Waals surface area contributed by atoms with E-state index in [0.717, 1.165) is 0 Å². The third-order valence-electron chi connectivity index (χ3n) is 2.91. The van der Waals surface area contributed by atoms with Crippen molar-refractivity contribution in [3.63, 3.8) is 0 Å². The molecule has 0 saturated heterocycles. The molecular formula is C15H15ClFN3O. The molecule has 0 bridgehead atoms. The molecule has 2 aromatic rings. The summed E-state index contributed by atoms with van der Waals surface area (Å²) in [6.45, 7) is 0. The van der Waals surface area contributed by atoms with Gasteiger partial charge in [0.05, 0.1) is 22.1 Å². The predicted molar refractivity (Wildman–Crippen MR) is 83.6 cm³/mol. The van der Waals surface area contributed by atoms with Crippen molar-refractivity contribution in [1.82, 2.24) is 4.90 Å². The summed E-state index contributed by atoms with van der Waals surface area (Å²) >= 11 is 5.97. The van der Waals surface area contributed by atoms with Gasteiger partial charge in [0.25, 0.3) is 5.91 Å². The van der Waals surface area contributed by atoms with Crippen molar-refractivity contribution in [2.24, 2.45) is 0 Å². The topological polar surface area (TPSA) is 58.4 Å². The molecule has 2 aromatic carbocycles. The van der Waals surface area contributed by atoms with Gasteiger partial charge in [-0.15, -0.1) is 0 Å². The van der Waals surface area contributed by atoms with Gasteiger partial charge in [-0.1, -0.05) is 11.6 Å². The van der Waals surface area contributed by atoms with Crippen LogP contribution < -0.4 is 11.1 Å². The van der Waals surface area contributed by atoms with Crippen LogP contribution >= 0.6 is 11.6 Å². The van der Waals surface area contributed by atoms with Gasteiger partial charge in [-0.05, 0) is 36.4 Å². The molecule has 0 unspecified atom stereocenters. The SMILES string of the molecule is CN(C)C(=O)c1ccc(N)c(Nc2ccc(F)cc2Cl)c1. The first-order valence-electron chi connectivity index (χ1n) is 6.21. The first kappa shape index (κ1) is 15.1. The molecule has 0 aromatic heterocycles. The minimum absolute atomic E-state index is 0.136. The summed E-state index contributed by atoms with van der Waals surface area (Å²) in [6.07, 6.45) is 0. The van der Waals surface area contributed by atoms with Gasteiger partial charge in [-0.25, -0.2) is 4.39 Å². The van der Waals surface area contributed by atoms with Crippen molar-refractivity contribution in [1.29, 1.82) is 0 Å². The normalized spacial score (nSPS) is 10.3. The molecule has 110 valence electrons. The van der Waals surface area contributed by atoms with Gasteiger partial charge in [-0.2, -0.15) is 0 Å². The fourth-order valence-electron chi connectivity index (χ4n) is 1.79. The molecule has 1 amide bonds. The fourth-order valence-corrected chi connectivity index (χ4v) is 2.01. The number of hydrogen-bond donors (Lipinski definition) is 2. The summed E-state index contributed by atoms with van der Waals surface area (Å²) in [4.78, 5) is 13.4. The highest BCUT2D eigenvalue weighted by molar-refractivity contribution is 6.33. The smallest absolute Gasteiger partial charge is 0.253 e. The lowest BCUT2D eigenvalue weighted by molar-refractivity contribution is 0.0827. The van der Waals surface area contributed by atoms with Gasteiger partial charge in [0.2, 0.25) is 0 Å². The van der Waals surface area contributed by atoms with E-state index in [1.807, 2.05) is 0 Å². The van der Waals surface area contributed by atoms with Gasteiger partial charge in [0, 0.05) is 19.7 Å². The Morgan fingerprint density at radius 1 is 1.19 bits per heavy atom. The maximum atomic E-state index is 13.0. The van der Waals surface area contributed by atoms with Crippen LogP contribution in [0.4, 0.5) is 21.5 Å². The average molecular weight is 308 g/mol. The lowest BCUT2D eigenvalue weighted by Gasteiger charge is -2.14. The number of nitrogens with one attached hydrogen (secondary N) is 1. The molecule has 2 rings (SSSR count). The number of nitrogens with two attached hydrogens (primary N) is 1. The van der Waals surface area contributed by atoms with E-state index in [0.29, 0.717) is 22.6 Å². The second kappa shape index (κ2) is 6.01. The van der Waals surface area contributed by atoms with Crippen LogP contribution in [0.2, 0.25) is 5.02 Å². The van der Waals surface area contributed by atoms with Crippen molar-refractivity contribution in [3.05, 3.63) is 52.8 Å². The number of carbonyl (C=O) groups is 1. The van der Waals surface area contributed by atoms with E-state index in [4.69, 9.17) is 17.3 Å². The maximum Gasteiger partial charge on any atom is 0.253 e. The minimum Gasteiger partial charge on any atom is -0.397 e. The van der Waals surface area contributed by atoms with Crippen molar-refractivity contribution in [2.75, 3.05) is 25.1 Å². The number of carbonyl (C=O) groups excluding carboxylic acids is 1. The first-order chi connectivity index (χ1) is 9.88. The fraction of sp³-hybridized carbons (Fsp3) is 0.133. The van der Waals surface area contributed by atoms with Crippen molar-refractivity contribution in [2.45, 2.75) is 0 Å².